The van der Waals surface area contributed by atoms with Crippen molar-refractivity contribution >= 4 is 11.9 Å². The number of aromatic nitrogens is 3. The molecule has 2 saturated carbocycles. The Kier molecular flexibility index (Phi) is 10.2. The summed E-state index contributed by atoms with van der Waals surface area (Å²) in [6.07, 6.45) is -2.69. The summed E-state index contributed by atoms with van der Waals surface area (Å²) in [6.45, 7) is 7.49. The van der Waals surface area contributed by atoms with E-state index in [0.717, 1.165) is 62.7 Å². The molecule has 0 radical (unpaired) electrons. The Hall–Kier alpha value is -3.14. The molecule has 0 aromatic carbocycles. The van der Waals surface area contributed by atoms with Gasteiger partial charge in [0.25, 0.3) is 0 Å². The molecule has 1 unspecified atom stereocenters. The molecule has 3 aliphatic rings. The summed E-state index contributed by atoms with van der Waals surface area (Å²) in [5.74, 6) is -2.58. The van der Waals surface area contributed by atoms with E-state index in [9.17, 15) is 26.3 Å². The predicted octanol–water partition coefficient (Wildman–Crippen LogP) is 4.38. The normalized spacial score (nSPS) is 19.1. The van der Waals surface area contributed by atoms with Gasteiger partial charge in [-0.15, -0.1) is 0 Å². The fraction of sp³-hybridized carbons (Fsp3) is 0.667. The molecule has 40 heavy (non-hydrogen) atoms. The van der Waals surface area contributed by atoms with Crippen molar-refractivity contribution in [3.63, 3.8) is 0 Å². The maximum absolute atomic E-state index is 10.6. The summed E-state index contributed by atoms with van der Waals surface area (Å²) in [5.41, 5.74) is 3.64. The highest BCUT2D eigenvalue weighted by atomic mass is 19.4. The van der Waals surface area contributed by atoms with Crippen LogP contribution < -0.4 is 0 Å². The highest BCUT2D eigenvalue weighted by Crippen LogP contribution is 2.35. The molecule has 2 N–H and O–H groups in total. The number of carboxylic acids is 2. The van der Waals surface area contributed by atoms with Crippen molar-refractivity contribution in [2.45, 2.75) is 70.5 Å². The van der Waals surface area contributed by atoms with Crippen molar-refractivity contribution < 1.29 is 55.4 Å². The van der Waals surface area contributed by atoms with Crippen LogP contribution in [0.15, 0.2) is 16.9 Å². The molecule has 2 aromatic rings. The number of fused-ring (bicyclic) bond motifs is 1. The minimum atomic E-state index is -5.08. The average molecular weight is 585 g/mol. The second kappa shape index (κ2) is 13.0. The van der Waals surface area contributed by atoms with E-state index in [1.54, 1.807) is 0 Å². The number of imidazole rings is 1. The van der Waals surface area contributed by atoms with Crippen molar-refractivity contribution in [2.75, 3.05) is 19.8 Å². The molecule has 2 aromatic heterocycles. The van der Waals surface area contributed by atoms with Gasteiger partial charge in [0.1, 0.15) is 5.76 Å². The molecule has 16 heteroatoms. The molecular weight excluding hydrogens is 554 g/mol. The second-order valence-electron chi connectivity index (χ2n) is 10.1. The first-order valence-electron chi connectivity index (χ1n) is 12.5. The number of rotatable bonds is 8. The highest BCUT2D eigenvalue weighted by molar-refractivity contribution is 5.73. The first-order valence-corrected chi connectivity index (χ1v) is 12.5. The van der Waals surface area contributed by atoms with E-state index in [1.165, 1.54) is 37.1 Å². The Balaban J connectivity index is 0.000000263. The lowest BCUT2D eigenvalue weighted by Crippen LogP contribution is -2.36. The molecule has 1 atom stereocenters. The zero-order valence-electron chi connectivity index (χ0n) is 21.5. The number of hydrogen-bond donors (Lipinski definition) is 2. The number of carbonyl (C=O) groups is 2. The number of halogens is 6. The molecule has 1 aliphatic heterocycles. The highest BCUT2D eigenvalue weighted by Gasteiger charge is 2.39. The van der Waals surface area contributed by atoms with Gasteiger partial charge in [-0.1, -0.05) is 5.16 Å². The van der Waals surface area contributed by atoms with E-state index in [0.29, 0.717) is 5.92 Å². The van der Waals surface area contributed by atoms with Crippen LogP contribution in [-0.2, 0) is 34.0 Å². The van der Waals surface area contributed by atoms with Gasteiger partial charge in [-0.25, -0.2) is 14.6 Å². The SMILES string of the molecule is Cc1cc(CN2Cc3ncn(CC4CC4)c3C(COCC3CC3)C2)no1.O=C(O)C(F)(F)F.O=C(O)C(F)(F)F. The summed E-state index contributed by atoms with van der Waals surface area (Å²) >= 11 is 0. The van der Waals surface area contributed by atoms with Crippen molar-refractivity contribution in [3.05, 3.63) is 35.2 Å². The van der Waals surface area contributed by atoms with Gasteiger partial charge in [-0.2, -0.15) is 26.3 Å². The molecule has 10 nitrogen and oxygen atoms in total. The van der Waals surface area contributed by atoms with E-state index in [2.05, 4.69) is 21.0 Å². The first-order chi connectivity index (χ1) is 18.6. The van der Waals surface area contributed by atoms with Crippen LogP contribution in [0, 0.1) is 18.8 Å². The number of ether oxygens (including phenoxy) is 1. The summed E-state index contributed by atoms with van der Waals surface area (Å²) in [5, 5.41) is 18.4. The van der Waals surface area contributed by atoms with E-state index in [1.807, 2.05) is 13.0 Å². The number of carboxylic acid groups (broad SMARTS) is 2. The van der Waals surface area contributed by atoms with Crippen LogP contribution in [0.5, 0.6) is 0 Å². The Morgan fingerprint density at radius 3 is 2.08 bits per heavy atom. The minimum Gasteiger partial charge on any atom is -0.475 e. The van der Waals surface area contributed by atoms with Gasteiger partial charge in [-0.3, -0.25) is 4.90 Å². The Morgan fingerprint density at radius 2 is 1.60 bits per heavy atom. The second-order valence-corrected chi connectivity index (χ2v) is 10.1. The van der Waals surface area contributed by atoms with Gasteiger partial charge in [0.2, 0.25) is 0 Å². The van der Waals surface area contributed by atoms with Crippen LogP contribution in [0.2, 0.25) is 0 Å². The van der Waals surface area contributed by atoms with E-state index in [4.69, 9.17) is 34.0 Å². The Bertz CT molecular complexity index is 1120. The maximum atomic E-state index is 10.6. The van der Waals surface area contributed by atoms with Gasteiger partial charge in [-0.05, 0) is 44.4 Å². The maximum Gasteiger partial charge on any atom is 0.490 e. The lowest BCUT2D eigenvalue weighted by molar-refractivity contribution is -0.193. The molecule has 0 amide bonds. The number of aliphatic carboxylic acids is 2. The van der Waals surface area contributed by atoms with E-state index >= 15 is 0 Å². The lowest BCUT2D eigenvalue weighted by atomic mass is 9.98. The third-order valence-electron chi connectivity index (χ3n) is 6.27. The average Bonchev–Trinajstić information content (AvgIpc) is 3.76. The monoisotopic (exact) mass is 584 g/mol. The fourth-order valence-electron chi connectivity index (χ4n) is 4.06. The molecule has 0 bridgehead atoms. The Labute approximate surface area is 224 Å². The zero-order valence-corrected chi connectivity index (χ0v) is 21.5. The Morgan fingerprint density at radius 1 is 1.02 bits per heavy atom. The van der Waals surface area contributed by atoms with Crippen LogP contribution in [0.4, 0.5) is 26.3 Å². The van der Waals surface area contributed by atoms with Gasteiger partial charge >= 0.3 is 24.3 Å². The molecular formula is C24H30F6N4O6. The third kappa shape index (κ3) is 10.1. The van der Waals surface area contributed by atoms with Gasteiger partial charge < -0.3 is 24.0 Å². The summed E-state index contributed by atoms with van der Waals surface area (Å²) in [7, 11) is 0. The topological polar surface area (TPSA) is 131 Å². The minimum absolute atomic E-state index is 0.395. The summed E-state index contributed by atoms with van der Waals surface area (Å²) in [6, 6.07) is 2.03. The number of aryl methyl sites for hydroxylation is 1. The number of alkyl halides is 6. The predicted molar refractivity (Wildman–Crippen MR) is 124 cm³/mol. The van der Waals surface area contributed by atoms with Crippen molar-refractivity contribution in [1.29, 1.82) is 0 Å². The number of nitrogens with zero attached hydrogens (tertiary/aromatic N) is 4. The van der Waals surface area contributed by atoms with Crippen LogP contribution in [0.1, 0.15) is 54.4 Å². The van der Waals surface area contributed by atoms with Gasteiger partial charge in [0.05, 0.1) is 24.3 Å². The third-order valence-corrected chi connectivity index (χ3v) is 6.27. The molecule has 5 rings (SSSR count). The van der Waals surface area contributed by atoms with Crippen LogP contribution in [-0.4, -0.2) is 73.9 Å². The van der Waals surface area contributed by atoms with Crippen molar-refractivity contribution in [3.8, 4) is 0 Å². The molecule has 224 valence electrons. The fourth-order valence-corrected chi connectivity index (χ4v) is 4.06. The summed E-state index contributed by atoms with van der Waals surface area (Å²) < 4.78 is 77.2. The zero-order chi connectivity index (χ0) is 29.7. The smallest absolute Gasteiger partial charge is 0.475 e. The van der Waals surface area contributed by atoms with Gasteiger partial charge in [0, 0.05) is 50.5 Å². The standard InChI is InChI=1S/C20H28N4O2.2C2HF3O2/c1-14-6-18(22-26-14)9-23-8-17(12-25-11-16-4-5-16)20-19(10-23)21-13-24(20)7-15-2-3-15;2*3-2(4,5)1(6)7/h6,13,15-17H,2-5,7-12H2,1H3;2*(H,6,7). The van der Waals surface area contributed by atoms with Crippen molar-refractivity contribution in [1.82, 2.24) is 19.6 Å². The molecule has 2 fully saturated rings. The van der Waals surface area contributed by atoms with E-state index < -0.39 is 24.3 Å². The quantitative estimate of drug-likeness (QED) is 0.434. The van der Waals surface area contributed by atoms with Crippen LogP contribution >= 0.6 is 0 Å². The lowest BCUT2D eigenvalue weighted by Gasteiger charge is -2.32. The van der Waals surface area contributed by atoms with Gasteiger partial charge in [0.15, 0.2) is 0 Å². The first kappa shape index (κ1) is 31.4. The largest absolute Gasteiger partial charge is 0.490 e. The van der Waals surface area contributed by atoms with E-state index in [-0.39, 0.29) is 0 Å². The molecule has 2 aliphatic carbocycles. The molecule has 0 saturated heterocycles. The summed E-state index contributed by atoms with van der Waals surface area (Å²) in [4.78, 5) is 25.0. The van der Waals surface area contributed by atoms with Crippen LogP contribution in [0.25, 0.3) is 0 Å². The van der Waals surface area contributed by atoms with Crippen molar-refractivity contribution in [2.24, 2.45) is 11.8 Å². The molecule has 3 heterocycles. The number of hydrogen-bond acceptors (Lipinski definition) is 7. The molecule has 0 spiro atoms. The van der Waals surface area contributed by atoms with Crippen LogP contribution in [0.3, 0.4) is 0 Å².